The summed E-state index contributed by atoms with van der Waals surface area (Å²) >= 11 is 0. The maximum absolute atomic E-state index is 10.5. The van der Waals surface area contributed by atoms with E-state index in [1.807, 2.05) is 6.92 Å². The van der Waals surface area contributed by atoms with Crippen molar-refractivity contribution < 1.29 is 22.4 Å². The van der Waals surface area contributed by atoms with Crippen molar-refractivity contribution in [2.24, 2.45) is 0 Å². The third-order valence-corrected chi connectivity index (χ3v) is 3.07. The van der Waals surface area contributed by atoms with E-state index in [-0.39, 0.29) is 18.8 Å². The van der Waals surface area contributed by atoms with E-state index in [4.69, 9.17) is 19.8 Å². The Hall–Kier alpha value is -1.47. The molecule has 1 aromatic rings. The SMILES string of the molecule is CCCOc1cc(OCCCS(=O)(=O)O)ccc1N. The highest BCUT2D eigenvalue weighted by Gasteiger charge is 2.06. The van der Waals surface area contributed by atoms with Crippen molar-refractivity contribution in [3.8, 4) is 11.5 Å². The molecular weight excluding hydrogens is 270 g/mol. The Morgan fingerprint density at radius 3 is 2.63 bits per heavy atom. The van der Waals surface area contributed by atoms with Gasteiger partial charge in [0.05, 0.1) is 24.7 Å². The summed E-state index contributed by atoms with van der Waals surface area (Å²) in [6.45, 7) is 2.75. The molecule has 6 nitrogen and oxygen atoms in total. The maximum atomic E-state index is 10.5. The Morgan fingerprint density at radius 2 is 2.00 bits per heavy atom. The summed E-state index contributed by atoms with van der Waals surface area (Å²) in [5, 5.41) is 0. The maximum Gasteiger partial charge on any atom is 0.264 e. The molecule has 0 fully saturated rings. The second-order valence-corrected chi connectivity index (χ2v) is 5.61. The molecule has 0 saturated heterocycles. The number of rotatable bonds is 8. The van der Waals surface area contributed by atoms with Crippen molar-refractivity contribution >= 4 is 15.8 Å². The molecule has 0 saturated carbocycles. The Labute approximate surface area is 113 Å². The zero-order valence-corrected chi connectivity index (χ0v) is 11.6. The van der Waals surface area contributed by atoms with Crippen molar-refractivity contribution in [1.29, 1.82) is 0 Å². The highest BCUT2D eigenvalue weighted by atomic mass is 32.2. The smallest absolute Gasteiger partial charge is 0.264 e. The molecule has 0 heterocycles. The topological polar surface area (TPSA) is 98.8 Å². The predicted octanol–water partition coefficient (Wildman–Crippen LogP) is 1.71. The molecule has 1 rings (SSSR count). The van der Waals surface area contributed by atoms with Crippen LogP contribution in [0.4, 0.5) is 5.69 Å². The van der Waals surface area contributed by atoms with Gasteiger partial charge in [-0.1, -0.05) is 6.92 Å². The first-order chi connectivity index (χ1) is 8.92. The van der Waals surface area contributed by atoms with Crippen LogP contribution in [0.25, 0.3) is 0 Å². The van der Waals surface area contributed by atoms with Crippen LogP contribution in [0.15, 0.2) is 18.2 Å². The average Bonchev–Trinajstić information content (AvgIpc) is 2.33. The normalized spacial score (nSPS) is 11.3. The minimum atomic E-state index is -3.93. The van der Waals surface area contributed by atoms with E-state index in [0.717, 1.165) is 6.42 Å². The molecule has 0 spiro atoms. The second-order valence-electron chi connectivity index (χ2n) is 4.04. The van der Waals surface area contributed by atoms with Gasteiger partial charge in [0.15, 0.2) is 0 Å². The lowest BCUT2D eigenvalue weighted by molar-refractivity contribution is 0.302. The number of nitrogen functional groups attached to an aromatic ring is 1. The Bertz CT molecular complexity index is 501. The summed E-state index contributed by atoms with van der Waals surface area (Å²) in [4.78, 5) is 0. The number of ether oxygens (including phenoxy) is 2. The van der Waals surface area contributed by atoms with Crippen LogP contribution in [0.2, 0.25) is 0 Å². The van der Waals surface area contributed by atoms with Crippen molar-refractivity contribution in [3.05, 3.63) is 18.2 Å². The minimum absolute atomic E-state index is 0.191. The lowest BCUT2D eigenvalue weighted by atomic mass is 10.3. The van der Waals surface area contributed by atoms with E-state index in [2.05, 4.69) is 0 Å². The van der Waals surface area contributed by atoms with Gasteiger partial charge in [-0.2, -0.15) is 8.42 Å². The van der Waals surface area contributed by atoms with Crippen LogP contribution < -0.4 is 15.2 Å². The standard InChI is InChI=1S/C12H19NO5S/c1-2-6-18-12-9-10(4-5-11(12)13)17-7-3-8-19(14,15)16/h4-5,9H,2-3,6-8,13H2,1H3,(H,14,15,16). The van der Waals surface area contributed by atoms with Crippen molar-refractivity contribution in [3.63, 3.8) is 0 Å². The molecule has 0 aliphatic rings. The molecule has 3 N–H and O–H groups in total. The fourth-order valence-corrected chi connectivity index (χ4v) is 1.86. The zero-order chi connectivity index (χ0) is 14.3. The molecule has 0 atom stereocenters. The van der Waals surface area contributed by atoms with E-state index < -0.39 is 10.1 Å². The third-order valence-electron chi connectivity index (χ3n) is 2.26. The van der Waals surface area contributed by atoms with Gasteiger partial charge in [-0.05, 0) is 25.0 Å². The minimum Gasteiger partial charge on any atom is -0.493 e. The van der Waals surface area contributed by atoms with Gasteiger partial charge in [-0.25, -0.2) is 0 Å². The molecule has 0 amide bonds. The van der Waals surface area contributed by atoms with Crippen LogP contribution in [-0.4, -0.2) is 31.9 Å². The van der Waals surface area contributed by atoms with E-state index in [0.29, 0.717) is 23.8 Å². The summed E-state index contributed by atoms with van der Waals surface area (Å²) in [5.74, 6) is 0.783. The first-order valence-electron chi connectivity index (χ1n) is 6.02. The molecule has 0 aliphatic heterocycles. The predicted molar refractivity (Wildman–Crippen MR) is 73.2 cm³/mol. The van der Waals surface area contributed by atoms with E-state index in [9.17, 15) is 8.42 Å². The summed E-state index contributed by atoms with van der Waals surface area (Å²) in [5.41, 5.74) is 6.28. The number of nitrogens with two attached hydrogens (primary N) is 1. The summed E-state index contributed by atoms with van der Waals surface area (Å²) in [6, 6.07) is 5.02. The largest absolute Gasteiger partial charge is 0.493 e. The molecule has 1 aromatic carbocycles. The van der Waals surface area contributed by atoms with E-state index >= 15 is 0 Å². The third kappa shape index (κ3) is 6.30. The summed E-state index contributed by atoms with van der Waals surface area (Å²) < 4.78 is 40.4. The number of hydrogen-bond donors (Lipinski definition) is 2. The monoisotopic (exact) mass is 289 g/mol. The quantitative estimate of drug-likeness (QED) is 0.429. The highest BCUT2D eigenvalue weighted by molar-refractivity contribution is 7.85. The van der Waals surface area contributed by atoms with E-state index in [1.165, 1.54) is 0 Å². The Balaban J connectivity index is 2.50. The summed E-state index contributed by atoms with van der Waals surface area (Å²) in [7, 11) is -3.93. The molecule has 0 bridgehead atoms. The number of benzene rings is 1. The fraction of sp³-hybridized carbons (Fsp3) is 0.500. The Morgan fingerprint density at radius 1 is 1.26 bits per heavy atom. The second kappa shape index (κ2) is 7.20. The van der Waals surface area contributed by atoms with E-state index in [1.54, 1.807) is 18.2 Å². The van der Waals surface area contributed by atoms with Gasteiger partial charge in [0.25, 0.3) is 10.1 Å². The summed E-state index contributed by atoms with van der Waals surface area (Å²) in [6.07, 6.45) is 1.09. The van der Waals surface area contributed by atoms with Crippen LogP contribution in [0.5, 0.6) is 11.5 Å². The highest BCUT2D eigenvalue weighted by Crippen LogP contribution is 2.27. The van der Waals surface area contributed by atoms with Gasteiger partial charge in [0, 0.05) is 6.07 Å². The molecule has 0 aromatic heterocycles. The Kier molecular flexibility index (Phi) is 5.91. The molecule has 0 radical (unpaired) electrons. The van der Waals surface area contributed by atoms with Crippen LogP contribution in [0.1, 0.15) is 19.8 Å². The van der Waals surface area contributed by atoms with Gasteiger partial charge in [-0.15, -0.1) is 0 Å². The lowest BCUT2D eigenvalue weighted by Gasteiger charge is -2.11. The molecule has 0 aliphatic carbocycles. The first-order valence-corrected chi connectivity index (χ1v) is 7.63. The molecule has 7 heteroatoms. The van der Waals surface area contributed by atoms with Crippen LogP contribution in [0, 0.1) is 0 Å². The molecule has 108 valence electrons. The van der Waals surface area contributed by atoms with Gasteiger partial charge in [-0.3, -0.25) is 4.55 Å². The van der Waals surface area contributed by atoms with Gasteiger partial charge in [0.1, 0.15) is 11.5 Å². The zero-order valence-electron chi connectivity index (χ0n) is 10.8. The van der Waals surface area contributed by atoms with Crippen LogP contribution >= 0.6 is 0 Å². The first kappa shape index (κ1) is 15.6. The van der Waals surface area contributed by atoms with Crippen LogP contribution in [-0.2, 0) is 10.1 Å². The molecule has 19 heavy (non-hydrogen) atoms. The van der Waals surface area contributed by atoms with Crippen LogP contribution in [0.3, 0.4) is 0 Å². The molecular formula is C12H19NO5S. The fourth-order valence-electron chi connectivity index (χ4n) is 1.37. The average molecular weight is 289 g/mol. The van der Waals surface area contributed by atoms with Gasteiger partial charge >= 0.3 is 0 Å². The number of hydrogen-bond acceptors (Lipinski definition) is 5. The van der Waals surface area contributed by atoms with Gasteiger partial charge in [0.2, 0.25) is 0 Å². The van der Waals surface area contributed by atoms with Gasteiger partial charge < -0.3 is 15.2 Å². The van der Waals surface area contributed by atoms with Crippen molar-refractivity contribution in [2.45, 2.75) is 19.8 Å². The molecule has 0 unspecified atom stereocenters. The lowest BCUT2D eigenvalue weighted by Crippen LogP contribution is -2.08. The van der Waals surface area contributed by atoms with Crippen molar-refractivity contribution in [1.82, 2.24) is 0 Å². The number of anilines is 1. The van der Waals surface area contributed by atoms with Crippen molar-refractivity contribution in [2.75, 3.05) is 24.7 Å².